The van der Waals surface area contributed by atoms with E-state index in [0.29, 0.717) is 19.4 Å². The molecular weight excluding hydrogens is 649 g/mol. The van der Waals surface area contributed by atoms with Crippen molar-refractivity contribution in [1.29, 1.82) is 0 Å². The maximum Gasteiger partial charge on any atom is 0.356 e. The highest BCUT2D eigenvalue weighted by atomic mass is 31.2. The minimum atomic E-state index is -4.42. The van der Waals surface area contributed by atoms with Crippen LogP contribution in [0.4, 0.5) is 0 Å². The minimum Gasteiger partial charge on any atom is -0.379 e. The lowest BCUT2D eigenvalue weighted by Gasteiger charge is -2.53. The van der Waals surface area contributed by atoms with Crippen LogP contribution in [0.3, 0.4) is 0 Å². The van der Waals surface area contributed by atoms with E-state index in [1.54, 1.807) is 0 Å². The van der Waals surface area contributed by atoms with Gasteiger partial charge in [-0.15, -0.1) is 0 Å². The molecule has 2 atom stereocenters. The van der Waals surface area contributed by atoms with Gasteiger partial charge in [-0.3, -0.25) is 9.46 Å². The molecule has 0 aliphatic heterocycles. The van der Waals surface area contributed by atoms with E-state index in [-0.39, 0.29) is 42.0 Å². The Balaban J connectivity index is 2.23. The first kappa shape index (κ1) is 44.6. The molecule has 0 spiro atoms. The second kappa shape index (κ2) is 17.9. The van der Waals surface area contributed by atoms with Crippen LogP contribution >= 0.6 is 7.60 Å². The summed E-state index contributed by atoms with van der Waals surface area (Å²) in [6.45, 7) is 29.7. The van der Waals surface area contributed by atoms with Gasteiger partial charge in [-0.1, -0.05) is 60.7 Å². The zero-order valence-electron chi connectivity index (χ0n) is 33.7. The van der Waals surface area contributed by atoms with Crippen molar-refractivity contribution in [2.45, 2.75) is 175 Å². The van der Waals surface area contributed by atoms with Gasteiger partial charge in [-0.25, -0.2) is 0 Å². The van der Waals surface area contributed by atoms with Gasteiger partial charge in [-0.2, -0.15) is 0 Å². The highest BCUT2D eigenvalue weighted by Crippen LogP contribution is 2.51. The zero-order valence-corrected chi connectivity index (χ0v) is 34.6. The normalized spacial score (nSPS) is 15.3. The fraction of sp³-hybridized carbons (Fsp3) is 0.707. The predicted octanol–water partition coefficient (Wildman–Crippen LogP) is 9.92. The number of rotatable bonds is 22. The number of hydrogen-bond donors (Lipinski definition) is 2. The lowest BCUT2D eigenvalue weighted by Crippen LogP contribution is -2.61. The molecule has 0 amide bonds. The Morgan fingerprint density at radius 2 is 1.10 bits per heavy atom. The van der Waals surface area contributed by atoms with Gasteiger partial charge in [0.25, 0.3) is 0 Å². The van der Waals surface area contributed by atoms with Crippen LogP contribution in [-0.2, 0) is 23.5 Å². The average molecular weight is 720 g/mol. The van der Waals surface area contributed by atoms with E-state index >= 15 is 0 Å². The predicted molar refractivity (Wildman–Crippen MR) is 206 cm³/mol. The van der Waals surface area contributed by atoms with E-state index in [1.165, 1.54) is 13.8 Å². The molecule has 0 saturated heterocycles. The van der Waals surface area contributed by atoms with E-state index in [4.69, 9.17) is 18.9 Å². The Hall–Kier alpha value is -1.61. The quantitative estimate of drug-likeness (QED) is 0.116. The van der Waals surface area contributed by atoms with Gasteiger partial charge in [0.2, 0.25) is 0 Å². The van der Waals surface area contributed by atoms with Crippen LogP contribution in [0.5, 0.6) is 0 Å². The summed E-state index contributed by atoms with van der Waals surface area (Å²) in [4.78, 5) is 22.1. The lowest BCUT2D eigenvalue weighted by molar-refractivity contribution is -0.135. The van der Waals surface area contributed by atoms with Gasteiger partial charge >= 0.3 is 7.60 Å². The fourth-order valence-corrected chi connectivity index (χ4v) is 7.77. The third-order valence-corrected chi connectivity index (χ3v) is 11.0. The van der Waals surface area contributed by atoms with E-state index in [0.717, 1.165) is 24.0 Å². The van der Waals surface area contributed by atoms with Gasteiger partial charge in [0, 0.05) is 36.8 Å². The molecular formula is C41H70NO7P. The second-order valence-electron chi connectivity index (χ2n) is 17.3. The third kappa shape index (κ3) is 14.1. The van der Waals surface area contributed by atoms with Crippen LogP contribution in [0.2, 0.25) is 0 Å². The van der Waals surface area contributed by atoms with E-state index in [1.807, 2.05) is 26.0 Å². The monoisotopic (exact) mass is 719 g/mol. The van der Waals surface area contributed by atoms with Crippen LogP contribution in [0.15, 0.2) is 60.7 Å². The van der Waals surface area contributed by atoms with Crippen LogP contribution in [-0.4, -0.2) is 73.8 Å². The van der Waals surface area contributed by atoms with E-state index in [9.17, 15) is 14.4 Å². The summed E-state index contributed by atoms with van der Waals surface area (Å²) >= 11 is 0. The van der Waals surface area contributed by atoms with Crippen molar-refractivity contribution in [2.75, 3.05) is 13.2 Å². The van der Waals surface area contributed by atoms with Crippen molar-refractivity contribution < 1.29 is 33.3 Å². The molecule has 9 heteroatoms. The minimum absolute atomic E-state index is 0.0726. The summed E-state index contributed by atoms with van der Waals surface area (Å²) in [5.41, 5.74) is 0.699. The van der Waals surface area contributed by atoms with Crippen LogP contribution in [0, 0.1) is 0 Å². The molecule has 0 aliphatic carbocycles. The standard InChI is InChI=1S/C41H70NO7P/c1-31(2)46-27-25-37(5,6)42(38(7,8)26-28-47-41(13,14)50(43,44)45)32(3)29-39(9,10)48-33(4)30-40(11,12)49-36(34-21-17-15-18-22-34)35-23-19-16-20-24-35/h15-24,31-33,36H,25-30H2,1-14H3,(H2,43,44,45). The van der Waals surface area contributed by atoms with Crippen LogP contribution in [0.25, 0.3) is 0 Å². The number of hydrogen-bond acceptors (Lipinski definition) is 6. The second-order valence-corrected chi connectivity index (χ2v) is 19.4. The van der Waals surface area contributed by atoms with Crippen molar-refractivity contribution in [1.82, 2.24) is 4.90 Å². The Labute approximate surface area is 304 Å². The molecule has 0 aliphatic rings. The molecule has 0 saturated carbocycles. The number of ether oxygens (including phenoxy) is 4. The fourth-order valence-electron chi connectivity index (χ4n) is 7.51. The molecule has 2 N–H and O–H groups in total. The van der Waals surface area contributed by atoms with Crippen molar-refractivity contribution in [3.63, 3.8) is 0 Å². The molecule has 0 aromatic heterocycles. The van der Waals surface area contributed by atoms with Crippen molar-refractivity contribution in [2.24, 2.45) is 0 Å². The Bertz CT molecular complexity index is 1280. The Morgan fingerprint density at radius 3 is 1.54 bits per heavy atom. The van der Waals surface area contributed by atoms with Gasteiger partial charge in [-0.05, 0) is 127 Å². The number of nitrogens with zero attached hydrogens (tertiary/aromatic N) is 1. The summed E-state index contributed by atoms with van der Waals surface area (Å²) in [7, 11) is -4.42. The first-order chi connectivity index (χ1) is 22.8. The zero-order chi connectivity index (χ0) is 38.2. The maximum atomic E-state index is 12.0. The SMILES string of the molecule is CC(C)OCCC(C)(C)N(C(C)CC(C)(C)OC(C)CC(C)(C)OC(c1ccccc1)c1ccccc1)C(C)(C)CCOC(C)(C)P(=O)(O)O. The third-order valence-electron chi connectivity index (χ3n) is 9.51. The maximum absolute atomic E-state index is 12.0. The summed E-state index contributed by atoms with van der Waals surface area (Å²) < 4.78 is 37.6. The number of benzene rings is 2. The van der Waals surface area contributed by atoms with Gasteiger partial charge in [0.1, 0.15) is 6.10 Å². The molecule has 0 fully saturated rings. The molecule has 0 bridgehead atoms. The highest BCUT2D eigenvalue weighted by molar-refractivity contribution is 7.53. The van der Waals surface area contributed by atoms with Gasteiger partial charge < -0.3 is 28.7 Å². The van der Waals surface area contributed by atoms with Crippen LogP contribution in [0.1, 0.15) is 140 Å². The summed E-state index contributed by atoms with van der Waals surface area (Å²) in [6, 6.07) is 20.8. The molecule has 2 aromatic rings. The molecule has 50 heavy (non-hydrogen) atoms. The molecule has 0 radical (unpaired) electrons. The van der Waals surface area contributed by atoms with E-state index in [2.05, 4.69) is 123 Å². The Morgan fingerprint density at radius 1 is 0.660 bits per heavy atom. The highest BCUT2D eigenvalue weighted by Gasteiger charge is 2.44. The topological polar surface area (TPSA) is 97.7 Å². The average Bonchev–Trinajstić information content (AvgIpc) is 2.94. The molecule has 2 unspecified atom stereocenters. The van der Waals surface area contributed by atoms with Crippen molar-refractivity contribution in [3.8, 4) is 0 Å². The first-order valence-electron chi connectivity index (χ1n) is 18.3. The molecule has 2 aromatic carbocycles. The molecule has 286 valence electrons. The molecule has 2 rings (SSSR count). The Kier molecular flexibility index (Phi) is 16.0. The smallest absolute Gasteiger partial charge is 0.356 e. The van der Waals surface area contributed by atoms with Crippen LogP contribution < -0.4 is 0 Å². The first-order valence-corrected chi connectivity index (χ1v) is 20.0. The molecule has 8 nitrogen and oxygen atoms in total. The largest absolute Gasteiger partial charge is 0.379 e. The van der Waals surface area contributed by atoms with Crippen molar-refractivity contribution in [3.05, 3.63) is 71.8 Å². The molecule has 0 heterocycles. The van der Waals surface area contributed by atoms with Crippen molar-refractivity contribution >= 4 is 7.60 Å². The van der Waals surface area contributed by atoms with Gasteiger partial charge in [0.15, 0.2) is 5.34 Å². The summed E-state index contributed by atoms with van der Waals surface area (Å²) in [5.74, 6) is 0. The van der Waals surface area contributed by atoms with Gasteiger partial charge in [0.05, 0.1) is 23.4 Å². The van der Waals surface area contributed by atoms with E-state index < -0.39 is 24.1 Å². The summed E-state index contributed by atoms with van der Waals surface area (Å²) in [5, 5.41) is -1.55. The summed E-state index contributed by atoms with van der Waals surface area (Å²) in [6.07, 6.45) is 2.76. The lowest BCUT2D eigenvalue weighted by atomic mass is 9.84.